The number of nitrogens with one attached hydrogen (secondary N) is 2. The predicted octanol–water partition coefficient (Wildman–Crippen LogP) is 3.73. The van der Waals surface area contributed by atoms with Crippen LogP contribution in [-0.4, -0.2) is 16.1 Å². The molecule has 1 aromatic carbocycles. The van der Waals surface area contributed by atoms with E-state index in [1.807, 2.05) is 6.92 Å². The molecule has 2 aromatic heterocycles. The number of aromatic nitrogens is 2. The van der Waals surface area contributed by atoms with Crippen molar-refractivity contribution >= 4 is 22.7 Å². The van der Waals surface area contributed by atoms with Gasteiger partial charge in [0, 0.05) is 10.9 Å². The molecule has 4 rings (SSSR count). The van der Waals surface area contributed by atoms with Crippen LogP contribution in [0.15, 0.2) is 28.8 Å². The van der Waals surface area contributed by atoms with Crippen molar-refractivity contribution in [3.63, 3.8) is 0 Å². The highest BCUT2D eigenvalue weighted by atomic mass is 19.1. The number of aromatic amines is 1. The highest BCUT2D eigenvalue weighted by Gasteiger charge is 2.28. The topological polar surface area (TPSA) is 70.9 Å². The molecule has 0 unspecified atom stereocenters. The molecule has 1 aliphatic rings. The molecule has 2 heterocycles. The van der Waals surface area contributed by atoms with Crippen molar-refractivity contribution in [1.82, 2.24) is 10.2 Å². The van der Waals surface area contributed by atoms with E-state index in [0.29, 0.717) is 17.1 Å². The summed E-state index contributed by atoms with van der Waals surface area (Å²) in [5, 5.41) is 10.1. The van der Waals surface area contributed by atoms with Crippen LogP contribution >= 0.6 is 0 Å². The minimum absolute atomic E-state index is 0.0829. The number of H-pyrrole nitrogens is 1. The van der Waals surface area contributed by atoms with Crippen LogP contribution < -0.4 is 5.32 Å². The monoisotopic (exact) mass is 299 g/mol. The van der Waals surface area contributed by atoms with Gasteiger partial charge in [-0.25, -0.2) is 4.39 Å². The van der Waals surface area contributed by atoms with Gasteiger partial charge in [-0.1, -0.05) is 6.07 Å². The van der Waals surface area contributed by atoms with E-state index in [1.165, 1.54) is 6.07 Å². The molecule has 0 atom stereocenters. The van der Waals surface area contributed by atoms with Crippen LogP contribution in [0.1, 0.15) is 40.4 Å². The van der Waals surface area contributed by atoms with Gasteiger partial charge in [-0.2, -0.15) is 5.10 Å². The van der Waals surface area contributed by atoms with Gasteiger partial charge in [-0.15, -0.1) is 0 Å². The molecule has 3 aromatic rings. The van der Waals surface area contributed by atoms with Crippen molar-refractivity contribution in [1.29, 1.82) is 0 Å². The maximum absolute atomic E-state index is 13.8. The number of carbonyl (C=O) groups excluding carboxylic acids is 1. The third-order valence-electron chi connectivity index (χ3n) is 4.00. The Morgan fingerprint density at radius 1 is 1.45 bits per heavy atom. The van der Waals surface area contributed by atoms with Crippen LogP contribution in [0, 0.1) is 12.7 Å². The van der Waals surface area contributed by atoms with Crippen LogP contribution in [0.5, 0.6) is 0 Å². The molecule has 0 spiro atoms. The van der Waals surface area contributed by atoms with Crippen molar-refractivity contribution in [3.8, 4) is 0 Å². The van der Waals surface area contributed by atoms with Crippen LogP contribution in [-0.2, 0) is 0 Å². The number of rotatable bonds is 3. The zero-order valence-electron chi connectivity index (χ0n) is 11.9. The van der Waals surface area contributed by atoms with E-state index < -0.39 is 11.7 Å². The average Bonchev–Trinajstić information content (AvgIpc) is 3.06. The standard InChI is InChI=1S/C16H14FN3O2/c1-8-2-5-12(17)14-10(8)6-13(22-14)16(21)19-15-11(7-18-20-15)9-3-4-9/h2,5-7,9H,3-4H2,1H3,(H2,18,19,20,21). The first-order valence-corrected chi connectivity index (χ1v) is 7.17. The summed E-state index contributed by atoms with van der Waals surface area (Å²) in [6.07, 6.45) is 3.95. The summed E-state index contributed by atoms with van der Waals surface area (Å²) in [7, 11) is 0. The van der Waals surface area contributed by atoms with Gasteiger partial charge < -0.3 is 9.73 Å². The maximum atomic E-state index is 13.8. The second-order valence-corrected chi connectivity index (χ2v) is 5.65. The fourth-order valence-electron chi connectivity index (χ4n) is 2.61. The Balaban J connectivity index is 1.66. The lowest BCUT2D eigenvalue weighted by atomic mass is 10.1. The SMILES string of the molecule is Cc1ccc(F)c2oc(C(=O)Nc3[nH]ncc3C3CC3)cc12. The van der Waals surface area contributed by atoms with Gasteiger partial charge in [0.25, 0.3) is 5.91 Å². The quantitative estimate of drug-likeness (QED) is 0.774. The number of benzene rings is 1. The summed E-state index contributed by atoms with van der Waals surface area (Å²) in [5.41, 5.74) is 1.98. The second kappa shape index (κ2) is 4.69. The first-order valence-electron chi connectivity index (χ1n) is 7.17. The summed E-state index contributed by atoms with van der Waals surface area (Å²) in [5.74, 6) is 0.245. The molecule has 0 saturated heterocycles. The molecule has 1 fully saturated rings. The lowest BCUT2D eigenvalue weighted by Crippen LogP contribution is -2.12. The third-order valence-corrected chi connectivity index (χ3v) is 4.00. The highest BCUT2D eigenvalue weighted by Crippen LogP contribution is 2.42. The van der Waals surface area contributed by atoms with Crippen LogP contribution in [0.3, 0.4) is 0 Å². The Morgan fingerprint density at radius 2 is 2.27 bits per heavy atom. The van der Waals surface area contributed by atoms with Gasteiger partial charge in [0.15, 0.2) is 17.2 Å². The molecular weight excluding hydrogens is 285 g/mol. The van der Waals surface area contributed by atoms with E-state index in [4.69, 9.17) is 4.42 Å². The van der Waals surface area contributed by atoms with Gasteiger partial charge in [0.1, 0.15) is 5.82 Å². The van der Waals surface area contributed by atoms with Crippen LogP contribution in [0.4, 0.5) is 10.2 Å². The number of furan rings is 1. The normalized spacial score (nSPS) is 14.5. The predicted molar refractivity (Wildman–Crippen MR) is 79.4 cm³/mol. The average molecular weight is 299 g/mol. The van der Waals surface area contributed by atoms with Crippen LogP contribution in [0.2, 0.25) is 0 Å². The fraction of sp³-hybridized carbons (Fsp3) is 0.250. The minimum Gasteiger partial charge on any atom is -0.448 e. The first-order chi connectivity index (χ1) is 10.6. The number of hydrogen-bond acceptors (Lipinski definition) is 3. The minimum atomic E-state index is -0.472. The number of hydrogen-bond donors (Lipinski definition) is 2. The van der Waals surface area contributed by atoms with E-state index in [0.717, 1.165) is 24.0 Å². The second-order valence-electron chi connectivity index (χ2n) is 5.65. The third kappa shape index (κ3) is 2.07. The fourth-order valence-corrected chi connectivity index (χ4v) is 2.61. The van der Waals surface area contributed by atoms with E-state index >= 15 is 0 Å². The maximum Gasteiger partial charge on any atom is 0.292 e. The van der Waals surface area contributed by atoms with Crippen molar-refractivity contribution < 1.29 is 13.6 Å². The molecule has 1 amide bonds. The zero-order chi connectivity index (χ0) is 15.3. The number of fused-ring (bicyclic) bond motifs is 1. The summed E-state index contributed by atoms with van der Waals surface area (Å²) in [6, 6.07) is 4.56. The molecule has 22 heavy (non-hydrogen) atoms. The zero-order valence-corrected chi connectivity index (χ0v) is 11.9. The smallest absolute Gasteiger partial charge is 0.292 e. The molecule has 1 aliphatic carbocycles. The molecule has 0 bridgehead atoms. The Bertz CT molecular complexity index is 838. The first kappa shape index (κ1) is 13.1. The van der Waals surface area contributed by atoms with Crippen molar-refractivity contribution in [3.05, 3.63) is 47.1 Å². The number of carbonyl (C=O) groups is 1. The molecule has 0 aliphatic heterocycles. The number of nitrogens with zero attached hydrogens (tertiary/aromatic N) is 1. The van der Waals surface area contributed by atoms with Gasteiger partial charge >= 0.3 is 0 Å². The number of amides is 1. The molecule has 1 saturated carbocycles. The summed E-state index contributed by atoms with van der Waals surface area (Å²) in [4.78, 5) is 12.3. The van der Waals surface area contributed by atoms with E-state index in [-0.39, 0.29) is 11.3 Å². The van der Waals surface area contributed by atoms with Crippen molar-refractivity contribution in [2.24, 2.45) is 0 Å². The Morgan fingerprint density at radius 3 is 3.00 bits per heavy atom. The van der Waals surface area contributed by atoms with Gasteiger partial charge in [0.05, 0.1) is 6.20 Å². The summed E-state index contributed by atoms with van der Waals surface area (Å²) < 4.78 is 19.1. The van der Waals surface area contributed by atoms with Gasteiger partial charge in [0.2, 0.25) is 0 Å². The number of anilines is 1. The molecular formula is C16H14FN3O2. The van der Waals surface area contributed by atoms with E-state index in [9.17, 15) is 9.18 Å². The van der Waals surface area contributed by atoms with Crippen LogP contribution in [0.25, 0.3) is 11.0 Å². The van der Waals surface area contributed by atoms with E-state index in [2.05, 4.69) is 15.5 Å². The van der Waals surface area contributed by atoms with Gasteiger partial charge in [-0.05, 0) is 43.4 Å². The lowest BCUT2D eigenvalue weighted by molar-refractivity contribution is 0.0998. The molecule has 2 N–H and O–H groups in total. The highest BCUT2D eigenvalue weighted by molar-refractivity contribution is 6.04. The number of aryl methyl sites for hydroxylation is 1. The summed E-state index contributed by atoms with van der Waals surface area (Å²) >= 11 is 0. The number of halogens is 1. The molecule has 112 valence electrons. The largest absolute Gasteiger partial charge is 0.448 e. The Kier molecular flexibility index (Phi) is 2.79. The molecule has 6 heteroatoms. The van der Waals surface area contributed by atoms with Gasteiger partial charge in [-0.3, -0.25) is 9.89 Å². The van der Waals surface area contributed by atoms with Crippen molar-refractivity contribution in [2.45, 2.75) is 25.7 Å². The van der Waals surface area contributed by atoms with E-state index in [1.54, 1.807) is 18.3 Å². The summed E-state index contributed by atoms with van der Waals surface area (Å²) in [6.45, 7) is 1.85. The molecule has 0 radical (unpaired) electrons. The lowest BCUT2D eigenvalue weighted by Gasteiger charge is -2.02. The van der Waals surface area contributed by atoms with Crippen molar-refractivity contribution in [2.75, 3.05) is 5.32 Å². The Labute approximate surface area is 125 Å². The Hall–Kier alpha value is -2.63. The molecule has 5 nitrogen and oxygen atoms in total.